The Balaban J connectivity index is 1.84. The predicted molar refractivity (Wildman–Crippen MR) is 85.0 cm³/mol. The zero-order valence-corrected chi connectivity index (χ0v) is 13.0. The Hall–Kier alpha value is -1.33. The van der Waals surface area contributed by atoms with Crippen LogP contribution in [-0.2, 0) is 4.74 Å². The summed E-state index contributed by atoms with van der Waals surface area (Å²) in [5.74, 6) is 0.901. The van der Waals surface area contributed by atoms with E-state index in [1.165, 1.54) is 6.42 Å². The van der Waals surface area contributed by atoms with Gasteiger partial charge < -0.3 is 14.8 Å². The van der Waals surface area contributed by atoms with E-state index in [1.807, 2.05) is 25.1 Å². The first-order valence-corrected chi connectivity index (χ1v) is 8.00. The first-order valence-electron chi connectivity index (χ1n) is 7.18. The fraction of sp³-hybridized carbons (Fsp3) is 0.533. The van der Waals surface area contributed by atoms with Gasteiger partial charge in [0.15, 0.2) is 5.13 Å². The molecule has 2 aromatic rings. The molecular formula is C15H22N2O2S. The minimum Gasteiger partial charge on any atom is -0.494 e. The molecule has 0 bridgehead atoms. The molecule has 4 nitrogen and oxygen atoms in total. The molecule has 1 aromatic carbocycles. The van der Waals surface area contributed by atoms with Gasteiger partial charge in [-0.2, -0.15) is 0 Å². The molecule has 0 fully saturated rings. The van der Waals surface area contributed by atoms with Crippen LogP contribution in [0.25, 0.3) is 10.2 Å². The van der Waals surface area contributed by atoms with Crippen molar-refractivity contribution in [1.82, 2.24) is 4.98 Å². The Morgan fingerprint density at radius 1 is 1.25 bits per heavy atom. The third-order valence-electron chi connectivity index (χ3n) is 2.84. The second-order valence-electron chi connectivity index (χ2n) is 4.47. The summed E-state index contributed by atoms with van der Waals surface area (Å²) < 4.78 is 12.2. The predicted octanol–water partition coefficient (Wildman–Crippen LogP) is 3.92. The molecule has 1 N–H and O–H groups in total. The number of anilines is 1. The average molecular weight is 294 g/mol. The second kappa shape index (κ2) is 8.07. The molecule has 110 valence electrons. The molecular weight excluding hydrogens is 272 g/mol. The Morgan fingerprint density at radius 3 is 2.95 bits per heavy atom. The first kappa shape index (κ1) is 15.1. The summed E-state index contributed by atoms with van der Waals surface area (Å²) in [4.78, 5) is 4.54. The van der Waals surface area contributed by atoms with Gasteiger partial charge in [-0.25, -0.2) is 4.98 Å². The van der Waals surface area contributed by atoms with E-state index in [4.69, 9.17) is 9.47 Å². The maximum absolute atomic E-state index is 5.52. The van der Waals surface area contributed by atoms with Gasteiger partial charge in [-0.05, 0) is 31.5 Å². The quantitative estimate of drug-likeness (QED) is 0.712. The molecule has 0 unspecified atom stereocenters. The fourth-order valence-corrected chi connectivity index (χ4v) is 2.74. The number of nitrogens with one attached hydrogen (secondary N) is 1. The van der Waals surface area contributed by atoms with Gasteiger partial charge in [-0.15, -0.1) is 0 Å². The Bertz CT molecular complexity index is 528. The number of ether oxygens (including phenoxy) is 2. The summed E-state index contributed by atoms with van der Waals surface area (Å²) in [6, 6.07) is 6.00. The van der Waals surface area contributed by atoms with Crippen LogP contribution in [0.5, 0.6) is 5.75 Å². The Labute approximate surface area is 124 Å². The summed E-state index contributed by atoms with van der Waals surface area (Å²) in [5, 5.41) is 4.24. The van der Waals surface area contributed by atoms with Crippen LogP contribution < -0.4 is 10.1 Å². The van der Waals surface area contributed by atoms with Gasteiger partial charge in [0.1, 0.15) is 5.75 Å². The standard InChI is InChI=1S/C15H22N2O2S/c1-3-5-9-18-10-8-16-15-17-13-7-6-12(19-4-2)11-14(13)20-15/h6-7,11H,3-5,8-10H2,1-2H3,(H,16,17). The maximum Gasteiger partial charge on any atom is 0.183 e. The van der Waals surface area contributed by atoms with E-state index in [2.05, 4.69) is 17.2 Å². The largest absolute Gasteiger partial charge is 0.494 e. The van der Waals surface area contributed by atoms with Crippen LogP contribution >= 0.6 is 11.3 Å². The molecule has 20 heavy (non-hydrogen) atoms. The SMILES string of the molecule is CCCCOCCNc1nc2ccc(OCC)cc2s1. The van der Waals surface area contributed by atoms with E-state index < -0.39 is 0 Å². The molecule has 0 aliphatic heterocycles. The molecule has 0 radical (unpaired) electrons. The minimum absolute atomic E-state index is 0.685. The van der Waals surface area contributed by atoms with E-state index in [1.54, 1.807) is 11.3 Å². The van der Waals surface area contributed by atoms with Crippen molar-refractivity contribution in [3.05, 3.63) is 18.2 Å². The molecule has 0 amide bonds. The highest BCUT2D eigenvalue weighted by atomic mass is 32.1. The van der Waals surface area contributed by atoms with Crippen molar-refractivity contribution in [1.29, 1.82) is 0 Å². The number of fused-ring (bicyclic) bond motifs is 1. The zero-order chi connectivity index (χ0) is 14.2. The molecule has 0 saturated heterocycles. The molecule has 1 aromatic heterocycles. The van der Waals surface area contributed by atoms with Gasteiger partial charge in [-0.1, -0.05) is 24.7 Å². The van der Waals surface area contributed by atoms with Gasteiger partial charge in [0.05, 0.1) is 23.4 Å². The minimum atomic E-state index is 0.685. The smallest absolute Gasteiger partial charge is 0.183 e. The topological polar surface area (TPSA) is 43.4 Å². The second-order valence-corrected chi connectivity index (χ2v) is 5.50. The van der Waals surface area contributed by atoms with E-state index in [0.717, 1.165) is 47.3 Å². The van der Waals surface area contributed by atoms with Crippen molar-refractivity contribution in [2.45, 2.75) is 26.7 Å². The van der Waals surface area contributed by atoms with E-state index in [9.17, 15) is 0 Å². The first-order chi connectivity index (χ1) is 9.83. The van der Waals surface area contributed by atoms with Crippen molar-refractivity contribution in [2.24, 2.45) is 0 Å². The summed E-state index contributed by atoms with van der Waals surface area (Å²) in [7, 11) is 0. The summed E-state index contributed by atoms with van der Waals surface area (Å²) in [6.07, 6.45) is 2.30. The normalized spacial score (nSPS) is 10.9. The van der Waals surface area contributed by atoms with Gasteiger partial charge in [0, 0.05) is 13.2 Å². The van der Waals surface area contributed by atoms with Crippen LogP contribution in [-0.4, -0.2) is 31.3 Å². The molecule has 0 atom stereocenters. The summed E-state index contributed by atoms with van der Waals surface area (Å²) in [5.41, 5.74) is 1.01. The third kappa shape index (κ3) is 4.35. The van der Waals surface area contributed by atoms with Crippen LogP contribution in [0.4, 0.5) is 5.13 Å². The van der Waals surface area contributed by atoms with Gasteiger partial charge in [0.2, 0.25) is 0 Å². The summed E-state index contributed by atoms with van der Waals surface area (Å²) in [6.45, 7) is 7.20. The van der Waals surface area contributed by atoms with Crippen LogP contribution in [0.2, 0.25) is 0 Å². The van der Waals surface area contributed by atoms with Crippen LogP contribution in [0.1, 0.15) is 26.7 Å². The van der Waals surface area contributed by atoms with Gasteiger partial charge >= 0.3 is 0 Å². The molecule has 5 heteroatoms. The average Bonchev–Trinajstić information content (AvgIpc) is 2.85. The number of aromatic nitrogens is 1. The van der Waals surface area contributed by atoms with Crippen molar-refractivity contribution in [2.75, 3.05) is 31.7 Å². The van der Waals surface area contributed by atoms with E-state index in [0.29, 0.717) is 6.61 Å². The number of unbranched alkanes of at least 4 members (excludes halogenated alkanes) is 1. The van der Waals surface area contributed by atoms with E-state index >= 15 is 0 Å². The lowest BCUT2D eigenvalue weighted by atomic mass is 10.3. The highest BCUT2D eigenvalue weighted by molar-refractivity contribution is 7.22. The van der Waals surface area contributed by atoms with Crippen molar-refractivity contribution < 1.29 is 9.47 Å². The number of rotatable bonds is 9. The lowest BCUT2D eigenvalue weighted by Gasteiger charge is -2.03. The summed E-state index contributed by atoms with van der Waals surface area (Å²) >= 11 is 1.65. The maximum atomic E-state index is 5.52. The van der Waals surface area contributed by atoms with Gasteiger partial charge in [0.25, 0.3) is 0 Å². The van der Waals surface area contributed by atoms with Crippen molar-refractivity contribution in [3.63, 3.8) is 0 Å². The molecule has 0 spiro atoms. The number of thiazole rings is 1. The lowest BCUT2D eigenvalue weighted by Crippen LogP contribution is -2.09. The Kier molecular flexibility index (Phi) is 6.08. The molecule has 1 heterocycles. The highest BCUT2D eigenvalue weighted by Crippen LogP contribution is 2.29. The number of nitrogens with zero attached hydrogens (tertiary/aromatic N) is 1. The van der Waals surface area contributed by atoms with Gasteiger partial charge in [-0.3, -0.25) is 0 Å². The van der Waals surface area contributed by atoms with Crippen LogP contribution in [0.3, 0.4) is 0 Å². The number of hydrogen-bond acceptors (Lipinski definition) is 5. The monoisotopic (exact) mass is 294 g/mol. The van der Waals surface area contributed by atoms with Crippen molar-refractivity contribution in [3.8, 4) is 5.75 Å². The lowest BCUT2D eigenvalue weighted by molar-refractivity contribution is 0.141. The van der Waals surface area contributed by atoms with Crippen molar-refractivity contribution >= 4 is 26.7 Å². The zero-order valence-electron chi connectivity index (χ0n) is 12.1. The van der Waals surface area contributed by atoms with Crippen LogP contribution in [0.15, 0.2) is 18.2 Å². The molecule has 0 aliphatic rings. The molecule has 0 aliphatic carbocycles. The molecule has 2 rings (SSSR count). The van der Waals surface area contributed by atoms with E-state index in [-0.39, 0.29) is 0 Å². The molecule has 0 saturated carbocycles. The number of hydrogen-bond donors (Lipinski definition) is 1. The fourth-order valence-electron chi connectivity index (χ4n) is 1.82. The number of benzene rings is 1. The Morgan fingerprint density at radius 2 is 2.15 bits per heavy atom. The highest BCUT2D eigenvalue weighted by Gasteiger charge is 2.04. The third-order valence-corrected chi connectivity index (χ3v) is 3.81. The van der Waals surface area contributed by atoms with Crippen LogP contribution in [0, 0.1) is 0 Å².